The number of anilines is 2. The summed E-state index contributed by atoms with van der Waals surface area (Å²) >= 11 is 0. The van der Waals surface area contributed by atoms with Crippen LogP contribution in [0.4, 0.5) is 17.1 Å². The van der Waals surface area contributed by atoms with Crippen molar-refractivity contribution < 1.29 is 18.1 Å². The average Bonchev–Trinajstić information content (AvgIpc) is 2.75. The van der Waals surface area contributed by atoms with Crippen molar-refractivity contribution in [2.75, 3.05) is 16.2 Å². The number of aryl methyl sites for hydroxylation is 2. The van der Waals surface area contributed by atoms with Crippen LogP contribution in [0.5, 0.6) is 0 Å². The van der Waals surface area contributed by atoms with Crippen molar-refractivity contribution in [3.8, 4) is 0 Å². The van der Waals surface area contributed by atoms with Crippen LogP contribution >= 0.6 is 0 Å². The lowest BCUT2D eigenvalue weighted by molar-refractivity contribution is -0.384. The van der Waals surface area contributed by atoms with E-state index in [1.54, 1.807) is 18.2 Å². The van der Waals surface area contributed by atoms with E-state index in [0.29, 0.717) is 5.69 Å². The minimum atomic E-state index is -4.15. The molecule has 1 N–H and O–H groups in total. The third-order valence-corrected chi connectivity index (χ3v) is 6.48. The minimum Gasteiger partial charge on any atom is -0.324 e. The molecule has 0 unspecified atom stereocenters. The van der Waals surface area contributed by atoms with Gasteiger partial charge in [0.15, 0.2) is 0 Å². The van der Waals surface area contributed by atoms with Gasteiger partial charge in [-0.05, 0) is 43.2 Å². The Balaban J connectivity index is 2.01. The second-order valence-corrected chi connectivity index (χ2v) is 8.78. The highest BCUT2D eigenvalue weighted by Crippen LogP contribution is 2.27. The zero-order chi connectivity index (χ0) is 22.6. The molecule has 3 rings (SSSR count). The second-order valence-electron chi connectivity index (χ2n) is 6.92. The van der Waals surface area contributed by atoms with Crippen molar-refractivity contribution >= 4 is 33.0 Å². The van der Waals surface area contributed by atoms with Crippen LogP contribution in [-0.4, -0.2) is 25.8 Å². The summed E-state index contributed by atoms with van der Waals surface area (Å²) in [6.07, 6.45) is 0. The van der Waals surface area contributed by atoms with Gasteiger partial charge in [-0.25, -0.2) is 8.42 Å². The number of hydrogen-bond acceptors (Lipinski definition) is 5. The van der Waals surface area contributed by atoms with Gasteiger partial charge in [0.25, 0.3) is 15.7 Å². The first-order chi connectivity index (χ1) is 14.7. The molecule has 0 spiro atoms. The molecule has 0 bridgehead atoms. The average molecular weight is 439 g/mol. The maximum absolute atomic E-state index is 13.3. The van der Waals surface area contributed by atoms with Crippen LogP contribution in [0, 0.1) is 24.0 Å². The molecule has 0 aromatic heterocycles. The number of hydrogen-bond donors (Lipinski definition) is 1. The first kappa shape index (κ1) is 22.0. The van der Waals surface area contributed by atoms with E-state index >= 15 is 0 Å². The van der Waals surface area contributed by atoms with E-state index in [0.717, 1.165) is 21.5 Å². The first-order valence-corrected chi connectivity index (χ1v) is 10.8. The fourth-order valence-corrected chi connectivity index (χ4v) is 4.55. The summed E-state index contributed by atoms with van der Waals surface area (Å²) < 4.78 is 27.5. The molecule has 0 fully saturated rings. The van der Waals surface area contributed by atoms with Crippen LogP contribution in [0.3, 0.4) is 0 Å². The van der Waals surface area contributed by atoms with E-state index in [-0.39, 0.29) is 16.3 Å². The summed E-state index contributed by atoms with van der Waals surface area (Å²) in [6, 6.07) is 18.3. The Labute approximate surface area is 180 Å². The van der Waals surface area contributed by atoms with E-state index in [4.69, 9.17) is 0 Å². The number of nitro benzene ring substituents is 1. The highest BCUT2D eigenvalue weighted by atomic mass is 32.2. The van der Waals surface area contributed by atoms with Crippen LogP contribution in [0.25, 0.3) is 0 Å². The summed E-state index contributed by atoms with van der Waals surface area (Å²) in [5, 5.41) is 14.0. The SMILES string of the molecule is Cc1cccc(C)c1NC(=O)CN(c1cccc([N+](=O)[O-])c1)S(=O)(=O)c1ccccc1. The predicted octanol–water partition coefficient (Wildman–Crippen LogP) is 4.05. The number of carbonyl (C=O) groups is 1. The Kier molecular flexibility index (Phi) is 6.36. The molecule has 31 heavy (non-hydrogen) atoms. The maximum atomic E-state index is 13.3. The van der Waals surface area contributed by atoms with Crippen molar-refractivity contribution in [2.45, 2.75) is 18.7 Å². The van der Waals surface area contributed by atoms with E-state index in [9.17, 15) is 23.3 Å². The molecule has 0 heterocycles. The van der Waals surface area contributed by atoms with Gasteiger partial charge in [-0.3, -0.25) is 19.2 Å². The number of sulfonamides is 1. The van der Waals surface area contributed by atoms with Gasteiger partial charge in [0.05, 0.1) is 15.5 Å². The molecule has 3 aromatic rings. The lowest BCUT2D eigenvalue weighted by Gasteiger charge is -2.24. The number of nitrogens with one attached hydrogen (secondary N) is 1. The highest BCUT2D eigenvalue weighted by molar-refractivity contribution is 7.92. The molecule has 0 aliphatic carbocycles. The smallest absolute Gasteiger partial charge is 0.271 e. The summed E-state index contributed by atoms with van der Waals surface area (Å²) in [6.45, 7) is 3.12. The third kappa shape index (κ3) is 4.89. The van der Waals surface area contributed by atoms with Crippen molar-refractivity contribution in [3.05, 3.63) is 94.0 Å². The summed E-state index contributed by atoms with van der Waals surface area (Å²) in [5.41, 5.74) is 2.02. The van der Waals surface area contributed by atoms with Crippen molar-refractivity contribution in [1.82, 2.24) is 0 Å². The van der Waals surface area contributed by atoms with Gasteiger partial charge >= 0.3 is 0 Å². The minimum absolute atomic E-state index is 0.0229. The van der Waals surface area contributed by atoms with Crippen LogP contribution in [-0.2, 0) is 14.8 Å². The lowest BCUT2D eigenvalue weighted by Crippen LogP contribution is -2.38. The third-order valence-electron chi connectivity index (χ3n) is 4.69. The van der Waals surface area contributed by atoms with E-state index in [2.05, 4.69) is 5.32 Å². The fourth-order valence-electron chi connectivity index (χ4n) is 3.12. The zero-order valence-electron chi connectivity index (χ0n) is 17.0. The molecule has 160 valence electrons. The zero-order valence-corrected chi connectivity index (χ0v) is 17.8. The lowest BCUT2D eigenvalue weighted by atomic mass is 10.1. The first-order valence-electron chi connectivity index (χ1n) is 9.38. The highest BCUT2D eigenvalue weighted by Gasteiger charge is 2.28. The van der Waals surface area contributed by atoms with Gasteiger partial charge in [0, 0.05) is 17.8 Å². The molecule has 0 atom stereocenters. The second kappa shape index (κ2) is 8.97. The van der Waals surface area contributed by atoms with Crippen molar-refractivity contribution in [3.63, 3.8) is 0 Å². The number of rotatable bonds is 7. The number of nitro groups is 1. The molecular formula is C22H21N3O5S. The van der Waals surface area contributed by atoms with Crippen LogP contribution in [0.2, 0.25) is 0 Å². The largest absolute Gasteiger partial charge is 0.324 e. The Morgan fingerprint density at radius 2 is 1.58 bits per heavy atom. The topological polar surface area (TPSA) is 110 Å². The molecule has 8 nitrogen and oxygen atoms in total. The quantitative estimate of drug-likeness (QED) is 0.441. The van der Waals surface area contributed by atoms with Gasteiger partial charge in [-0.2, -0.15) is 0 Å². The van der Waals surface area contributed by atoms with Gasteiger partial charge in [-0.15, -0.1) is 0 Å². The predicted molar refractivity (Wildman–Crippen MR) is 119 cm³/mol. The van der Waals surface area contributed by atoms with E-state index in [1.807, 2.05) is 32.0 Å². The number of amides is 1. The van der Waals surface area contributed by atoms with E-state index in [1.165, 1.54) is 30.3 Å². The number of non-ortho nitro benzene ring substituents is 1. The molecule has 1 amide bonds. The summed E-state index contributed by atoms with van der Waals surface area (Å²) in [7, 11) is -4.15. The number of benzene rings is 3. The Morgan fingerprint density at radius 3 is 2.19 bits per heavy atom. The Bertz CT molecular complexity index is 1210. The van der Waals surface area contributed by atoms with Gasteiger partial charge in [0.2, 0.25) is 5.91 Å². The van der Waals surface area contributed by atoms with Crippen LogP contribution in [0.1, 0.15) is 11.1 Å². The number of carbonyl (C=O) groups excluding carboxylic acids is 1. The van der Waals surface area contributed by atoms with Crippen molar-refractivity contribution in [1.29, 1.82) is 0 Å². The van der Waals surface area contributed by atoms with Crippen LogP contribution < -0.4 is 9.62 Å². The molecule has 3 aromatic carbocycles. The number of nitrogens with zero attached hydrogens (tertiary/aromatic N) is 2. The summed E-state index contributed by atoms with van der Waals surface area (Å²) in [4.78, 5) is 23.4. The van der Waals surface area contributed by atoms with Crippen LogP contribution in [0.15, 0.2) is 77.7 Å². The normalized spacial score (nSPS) is 11.0. The fraction of sp³-hybridized carbons (Fsp3) is 0.136. The molecule has 9 heteroatoms. The molecular weight excluding hydrogens is 418 g/mol. The Morgan fingerprint density at radius 1 is 0.968 bits per heavy atom. The Hall–Kier alpha value is -3.72. The molecule has 0 radical (unpaired) electrons. The van der Waals surface area contributed by atoms with Gasteiger partial charge in [-0.1, -0.05) is 42.5 Å². The number of para-hydroxylation sites is 1. The summed E-state index contributed by atoms with van der Waals surface area (Å²) in [5.74, 6) is -0.566. The standard InChI is InChI=1S/C22H21N3O5S/c1-16-8-6-9-17(2)22(16)23-21(26)15-24(18-10-7-11-19(14-18)25(27)28)31(29,30)20-12-4-3-5-13-20/h3-14H,15H2,1-2H3,(H,23,26). The maximum Gasteiger partial charge on any atom is 0.271 e. The molecule has 0 aliphatic rings. The van der Waals surface area contributed by atoms with Gasteiger partial charge < -0.3 is 5.32 Å². The molecule has 0 saturated heterocycles. The molecule has 0 saturated carbocycles. The van der Waals surface area contributed by atoms with Gasteiger partial charge in [0.1, 0.15) is 6.54 Å². The molecule has 0 aliphatic heterocycles. The van der Waals surface area contributed by atoms with Crippen molar-refractivity contribution in [2.24, 2.45) is 0 Å². The monoisotopic (exact) mass is 439 g/mol. The van der Waals surface area contributed by atoms with E-state index < -0.39 is 27.4 Å².